The number of benzene rings is 1. The monoisotopic (exact) mass is 237 g/mol. The van der Waals surface area contributed by atoms with Crippen molar-refractivity contribution >= 4 is 5.78 Å². The van der Waals surface area contributed by atoms with Crippen LogP contribution in [-0.2, 0) is 0 Å². The van der Waals surface area contributed by atoms with Crippen molar-refractivity contribution in [3.63, 3.8) is 0 Å². The fourth-order valence-corrected chi connectivity index (χ4v) is 1.59. The van der Waals surface area contributed by atoms with E-state index in [0.717, 1.165) is 19.4 Å². The summed E-state index contributed by atoms with van der Waals surface area (Å²) in [6.45, 7) is 3.24. The van der Waals surface area contributed by atoms with E-state index < -0.39 is 0 Å². The van der Waals surface area contributed by atoms with Gasteiger partial charge in [0, 0.05) is 6.07 Å². The van der Waals surface area contributed by atoms with E-state index in [-0.39, 0.29) is 29.4 Å². The molecule has 1 aromatic rings. The van der Waals surface area contributed by atoms with Crippen molar-refractivity contribution in [3.8, 4) is 11.5 Å². The van der Waals surface area contributed by atoms with Gasteiger partial charge in [0.1, 0.15) is 11.5 Å². The minimum absolute atomic E-state index is 0.0432. The maximum absolute atomic E-state index is 11.9. The lowest BCUT2D eigenvalue weighted by Gasteiger charge is -2.15. The van der Waals surface area contributed by atoms with Crippen molar-refractivity contribution in [1.82, 2.24) is 4.90 Å². The molecule has 0 aliphatic rings. The number of rotatable bonds is 6. The predicted octanol–water partition coefficient (Wildman–Crippen LogP) is 2.01. The molecule has 0 atom stereocenters. The molecule has 0 saturated carbocycles. The summed E-state index contributed by atoms with van der Waals surface area (Å²) in [5.74, 6) is -0.349. The van der Waals surface area contributed by atoms with Crippen LogP contribution >= 0.6 is 0 Å². The Morgan fingerprint density at radius 1 is 1.35 bits per heavy atom. The zero-order chi connectivity index (χ0) is 12.8. The summed E-state index contributed by atoms with van der Waals surface area (Å²) in [6, 6.07) is 4.03. The van der Waals surface area contributed by atoms with Crippen LogP contribution in [0.1, 0.15) is 30.1 Å². The number of likely N-dealkylation sites (N-methyl/N-ethyl adjacent to an activating group) is 1. The molecule has 0 aliphatic heterocycles. The molecule has 0 heterocycles. The molecule has 2 N–H and O–H groups in total. The van der Waals surface area contributed by atoms with Gasteiger partial charge >= 0.3 is 0 Å². The van der Waals surface area contributed by atoms with Crippen molar-refractivity contribution < 1.29 is 15.0 Å². The van der Waals surface area contributed by atoms with Crippen molar-refractivity contribution in [2.24, 2.45) is 0 Å². The van der Waals surface area contributed by atoms with Crippen LogP contribution in [0.15, 0.2) is 18.2 Å². The van der Waals surface area contributed by atoms with Gasteiger partial charge < -0.3 is 10.2 Å². The largest absolute Gasteiger partial charge is 0.508 e. The third-order valence-corrected chi connectivity index (χ3v) is 2.59. The SMILES string of the molecule is CCCCN(C)CC(=O)c1ccc(O)cc1O. The zero-order valence-corrected chi connectivity index (χ0v) is 10.3. The van der Waals surface area contributed by atoms with Crippen LogP contribution in [0.3, 0.4) is 0 Å². The van der Waals surface area contributed by atoms with Crippen LogP contribution in [0.25, 0.3) is 0 Å². The number of hydrogen-bond acceptors (Lipinski definition) is 4. The maximum Gasteiger partial charge on any atom is 0.180 e. The fraction of sp³-hybridized carbons (Fsp3) is 0.462. The summed E-state index contributed by atoms with van der Waals surface area (Å²) in [4.78, 5) is 13.8. The molecule has 1 rings (SSSR count). The molecular formula is C13H19NO3. The highest BCUT2D eigenvalue weighted by molar-refractivity contribution is 6.00. The van der Waals surface area contributed by atoms with Gasteiger partial charge in [-0.05, 0) is 32.1 Å². The van der Waals surface area contributed by atoms with Gasteiger partial charge in [0.05, 0.1) is 12.1 Å². The average Bonchev–Trinajstić information content (AvgIpc) is 2.26. The number of nitrogens with zero attached hydrogens (tertiary/aromatic N) is 1. The quantitative estimate of drug-likeness (QED) is 0.743. The second-order valence-corrected chi connectivity index (χ2v) is 4.22. The first-order valence-corrected chi connectivity index (χ1v) is 5.78. The zero-order valence-electron chi connectivity index (χ0n) is 10.3. The number of hydrogen-bond donors (Lipinski definition) is 2. The molecule has 0 saturated heterocycles. The summed E-state index contributed by atoms with van der Waals surface area (Å²) in [6.07, 6.45) is 2.13. The molecule has 0 amide bonds. The van der Waals surface area contributed by atoms with E-state index >= 15 is 0 Å². The van der Waals surface area contributed by atoms with Gasteiger partial charge in [0.15, 0.2) is 5.78 Å². The first kappa shape index (κ1) is 13.5. The minimum atomic E-state index is -0.168. The molecule has 0 aromatic heterocycles. The Hall–Kier alpha value is -1.55. The Morgan fingerprint density at radius 2 is 2.06 bits per heavy atom. The van der Waals surface area contributed by atoms with E-state index in [1.54, 1.807) is 0 Å². The van der Waals surface area contributed by atoms with Gasteiger partial charge in [-0.15, -0.1) is 0 Å². The van der Waals surface area contributed by atoms with Crippen LogP contribution < -0.4 is 0 Å². The van der Waals surface area contributed by atoms with Crippen molar-refractivity contribution in [2.45, 2.75) is 19.8 Å². The second-order valence-electron chi connectivity index (χ2n) is 4.22. The van der Waals surface area contributed by atoms with Crippen LogP contribution in [0, 0.1) is 0 Å². The van der Waals surface area contributed by atoms with Gasteiger partial charge in [-0.3, -0.25) is 9.69 Å². The summed E-state index contributed by atoms with van der Waals surface area (Å²) in [7, 11) is 1.88. The smallest absolute Gasteiger partial charge is 0.180 e. The number of unbranched alkanes of at least 4 members (excludes halogenated alkanes) is 1. The molecule has 0 spiro atoms. The van der Waals surface area contributed by atoms with Crippen molar-refractivity contribution in [2.75, 3.05) is 20.1 Å². The highest BCUT2D eigenvalue weighted by Crippen LogP contribution is 2.22. The molecule has 0 fully saturated rings. The standard InChI is InChI=1S/C13H19NO3/c1-3-4-7-14(2)9-13(17)11-6-5-10(15)8-12(11)16/h5-6,8,15-16H,3-4,7,9H2,1-2H3. The normalized spacial score (nSPS) is 10.8. The number of Topliss-reactive ketones (excluding diaryl/α,β-unsaturated/α-hetero) is 1. The average molecular weight is 237 g/mol. The van der Waals surface area contributed by atoms with Gasteiger partial charge in [0.25, 0.3) is 0 Å². The van der Waals surface area contributed by atoms with Crippen LogP contribution in [0.2, 0.25) is 0 Å². The lowest BCUT2D eigenvalue weighted by Crippen LogP contribution is -2.26. The van der Waals surface area contributed by atoms with Gasteiger partial charge in [-0.1, -0.05) is 13.3 Å². The van der Waals surface area contributed by atoms with E-state index in [1.165, 1.54) is 18.2 Å². The van der Waals surface area contributed by atoms with E-state index in [0.29, 0.717) is 0 Å². The Morgan fingerprint density at radius 3 is 2.65 bits per heavy atom. The van der Waals surface area contributed by atoms with Crippen LogP contribution in [0.5, 0.6) is 11.5 Å². The van der Waals surface area contributed by atoms with E-state index in [9.17, 15) is 9.90 Å². The van der Waals surface area contributed by atoms with Crippen LogP contribution in [-0.4, -0.2) is 41.0 Å². The lowest BCUT2D eigenvalue weighted by atomic mass is 10.1. The number of carbonyl (C=O) groups excluding carboxylic acids is 1. The van der Waals surface area contributed by atoms with E-state index in [2.05, 4.69) is 6.92 Å². The first-order valence-electron chi connectivity index (χ1n) is 5.78. The highest BCUT2D eigenvalue weighted by Gasteiger charge is 2.13. The summed E-state index contributed by atoms with van der Waals surface area (Å²) < 4.78 is 0. The Labute approximate surface area is 101 Å². The third kappa shape index (κ3) is 4.07. The number of aromatic hydroxyl groups is 2. The van der Waals surface area contributed by atoms with Crippen molar-refractivity contribution in [3.05, 3.63) is 23.8 Å². The molecule has 4 nitrogen and oxygen atoms in total. The number of phenols is 2. The van der Waals surface area contributed by atoms with Gasteiger partial charge in [-0.2, -0.15) is 0 Å². The topological polar surface area (TPSA) is 60.8 Å². The number of ketones is 1. The lowest BCUT2D eigenvalue weighted by molar-refractivity contribution is 0.0943. The fourth-order valence-electron chi connectivity index (χ4n) is 1.59. The molecule has 4 heteroatoms. The Kier molecular flexibility index (Phi) is 4.97. The van der Waals surface area contributed by atoms with Crippen LogP contribution in [0.4, 0.5) is 0 Å². The predicted molar refractivity (Wildman–Crippen MR) is 66.5 cm³/mol. The molecule has 0 radical (unpaired) electrons. The van der Waals surface area contributed by atoms with E-state index in [1.807, 2.05) is 11.9 Å². The summed E-state index contributed by atoms with van der Waals surface area (Å²) in [5, 5.41) is 18.7. The molecule has 0 bridgehead atoms. The Balaban J connectivity index is 2.63. The number of phenolic OH excluding ortho intramolecular Hbond substituents is 2. The molecule has 0 unspecified atom stereocenters. The van der Waals surface area contributed by atoms with Crippen molar-refractivity contribution in [1.29, 1.82) is 0 Å². The second kappa shape index (κ2) is 6.25. The summed E-state index contributed by atoms with van der Waals surface area (Å²) >= 11 is 0. The van der Waals surface area contributed by atoms with Gasteiger partial charge in [0.2, 0.25) is 0 Å². The number of carbonyl (C=O) groups is 1. The minimum Gasteiger partial charge on any atom is -0.508 e. The third-order valence-electron chi connectivity index (χ3n) is 2.59. The molecule has 17 heavy (non-hydrogen) atoms. The molecule has 1 aromatic carbocycles. The highest BCUT2D eigenvalue weighted by atomic mass is 16.3. The first-order chi connectivity index (χ1) is 8.04. The van der Waals surface area contributed by atoms with Gasteiger partial charge in [-0.25, -0.2) is 0 Å². The molecular weight excluding hydrogens is 218 g/mol. The summed E-state index contributed by atoms with van der Waals surface area (Å²) in [5.41, 5.74) is 0.256. The maximum atomic E-state index is 11.9. The molecule has 0 aliphatic carbocycles. The van der Waals surface area contributed by atoms with E-state index in [4.69, 9.17) is 5.11 Å². The molecule has 94 valence electrons. The Bertz CT molecular complexity index is 390.